The zero-order chi connectivity index (χ0) is 25.5. The minimum Gasteiger partial charge on any atom is -0.443 e. The molecule has 8 heteroatoms. The van der Waals surface area contributed by atoms with Crippen molar-refractivity contribution in [2.75, 3.05) is 39.6 Å². The van der Waals surface area contributed by atoms with Crippen molar-refractivity contribution >= 4 is 12.2 Å². The molecule has 0 N–H and O–H groups in total. The average Bonchev–Trinajstić information content (AvgIpc) is 2.72. The monoisotopic (exact) mass is 481 g/mol. The molecule has 0 heterocycles. The van der Waals surface area contributed by atoms with Gasteiger partial charge in [-0.2, -0.15) is 0 Å². The Balaban J connectivity index is 2.12. The highest BCUT2D eigenvalue weighted by atomic mass is 16.6. The van der Waals surface area contributed by atoms with Crippen molar-refractivity contribution in [2.45, 2.75) is 78.6 Å². The van der Waals surface area contributed by atoms with E-state index in [2.05, 4.69) is 12.1 Å². The summed E-state index contributed by atoms with van der Waals surface area (Å²) in [6.07, 6.45) is 1.48. The molecule has 0 saturated heterocycles. The molecule has 0 aliphatic heterocycles. The SMILES string of the molecule is CC(C)(C)OC(=O)N(CCOCCOCCCCCOCc1ccccc1)C(=O)OC(C)(C)C. The van der Waals surface area contributed by atoms with E-state index < -0.39 is 23.4 Å². The number of amides is 2. The van der Waals surface area contributed by atoms with Gasteiger partial charge in [0.25, 0.3) is 0 Å². The summed E-state index contributed by atoms with van der Waals surface area (Å²) in [6.45, 7) is 13.5. The highest BCUT2D eigenvalue weighted by Crippen LogP contribution is 2.14. The van der Waals surface area contributed by atoms with E-state index in [4.69, 9.17) is 23.7 Å². The summed E-state index contributed by atoms with van der Waals surface area (Å²) < 4.78 is 27.4. The molecule has 1 aromatic carbocycles. The van der Waals surface area contributed by atoms with Gasteiger partial charge in [-0.15, -0.1) is 0 Å². The number of nitrogens with zero attached hydrogens (tertiary/aromatic N) is 1. The maximum absolute atomic E-state index is 12.4. The van der Waals surface area contributed by atoms with Crippen molar-refractivity contribution in [2.24, 2.45) is 0 Å². The zero-order valence-corrected chi connectivity index (χ0v) is 21.8. The molecule has 0 saturated carbocycles. The number of hydrogen-bond acceptors (Lipinski definition) is 7. The predicted molar refractivity (Wildman–Crippen MR) is 131 cm³/mol. The van der Waals surface area contributed by atoms with Gasteiger partial charge in [0, 0.05) is 13.2 Å². The highest BCUT2D eigenvalue weighted by molar-refractivity contribution is 5.88. The van der Waals surface area contributed by atoms with Gasteiger partial charge in [0.15, 0.2) is 0 Å². The van der Waals surface area contributed by atoms with Crippen LogP contribution >= 0.6 is 0 Å². The number of hydrogen-bond donors (Lipinski definition) is 0. The molecule has 0 fully saturated rings. The molecule has 0 bridgehead atoms. The maximum atomic E-state index is 12.4. The van der Waals surface area contributed by atoms with Crippen LogP contribution in [0.15, 0.2) is 30.3 Å². The van der Waals surface area contributed by atoms with Crippen LogP contribution in [0.5, 0.6) is 0 Å². The number of carbonyl (C=O) groups is 2. The first-order valence-corrected chi connectivity index (χ1v) is 12.0. The van der Waals surface area contributed by atoms with E-state index in [1.807, 2.05) is 18.2 Å². The molecule has 2 amide bonds. The van der Waals surface area contributed by atoms with Crippen molar-refractivity contribution in [3.8, 4) is 0 Å². The van der Waals surface area contributed by atoms with E-state index in [9.17, 15) is 9.59 Å². The van der Waals surface area contributed by atoms with Crippen LogP contribution in [0.4, 0.5) is 9.59 Å². The molecule has 8 nitrogen and oxygen atoms in total. The van der Waals surface area contributed by atoms with Crippen molar-refractivity contribution < 1.29 is 33.3 Å². The minimum atomic E-state index is -0.755. The Bertz CT molecular complexity index is 667. The summed E-state index contributed by atoms with van der Waals surface area (Å²) in [5.41, 5.74) is -0.258. The molecular formula is C26H43NO7. The van der Waals surface area contributed by atoms with Crippen LogP contribution in [0.2, 0.25) is 0 Å². The summed E-state index contributed by atoms with van der Waals surface area (Å²) in [7, 11) is 0. The Labute approximate surface area is 204 Å². The van der Waals surface area contributed by atoms with Crippen molar-refractivity contribution in [1.29, 1.82) is 0 Å². The molecule has 194 valence electrons. The van der Waals surface area contributed by atoms with E-state index in [1.54, 1.807) is 41.5 Å². The van der Waals surface area contributed by atoms with E-state index in [0.29, 0.717) is 26.4 Å². The summed E-state index contributed by atoms with van der Waals surface area (Å²) in [6, 6.07) is 10.1. The lowest BCUT2D eigenvalue weighted by Crippen LogP contribution is -2.45. The molecule has 0 spiro atoms. The number of rotatable bonds is 14. The van der Waals surface area contributed by atoms with Gasteiger partial charge >= 0.3 is 12.2 Å². The Morgan fingerprint density at radius 1 is 0.676 bits per heavy atom. The highest BCUT2D eigenvalue weighted by Gasteiger charge is 2.30. The molecule has 0 radical (unpaired) electrons. The first-order chi connectivity index (χ1) is 16.0. The quantitative estimate of drug-likeness (QED) is 0.321. The third-order valence-electron chi connectivity index (χ3n) is 4.25. The molecule has 0 atom stereocenters. The van der Waals surface area contributed by atoms with Gasteiger partial charge in [-0.1, -0.05) is 30.3 Å². The fourth-order valence-electron chi connectivity index (χ4n) is 2.72. The van der Waals surface area contributed by atoms with Gasteiger partial charge < -0.3 is 23.7 Å². The number of imide groups is 1. The molecule has 1 rings (SSSR count). The smallest absolute Gasteiger partial charge is 0.419 e. The van der Waals surface area contributed by atoms with Crippen LogP contribution in [0.3, 0.4) is 0 Å². The fourth-order valence-corrected chi connectivity index (χ4v) is 2.72. The lowest BCUT2D eigenvalue weighted by atomic mass is 10.2. The fraction of sp³-hybridized carbons (Fsp3) is 0.692. The van der Waals surface area contributed by atoms with Gasteiger partial charge in [-0.25, -0.2) is 14.5 Å². The van der Waals surface area contributed by atoms with Gasteiger partial charge in [0.05, 0.1) is 33.0 Å². The summed E-state index contributed by atoms with van der Waals surface area (Å²) in [5, 5.41) is 0. The van der Waals surface area contributed by atoms with E-state index in [-0.39, 0.29) is 13.2 Å². The van der Waals surface area contributed by atoms with Crippen LogP contribution in [-0.2, 0) is 30.3 Å². The standard InChI is InChI=1S/C26H43NO7/c1-25(2,3)33-23(28)27(24(29)34-26(4,5)6)15-18-31-20-19-30-16-11-8-12-17-32-21-22-13-9-7-10-14-22/h7,9-10,13-14H,8,11-12,15-21H2,1-6H3. The minimum absolute atomic E-state index is 0.0345. The Kier molecular flexibility index (Phi) is 13.8. The summed E-state index contributed by atoms with van der Waals surface area (Å²) in [4.78, 5) is 25.7. The molecule has 0 aliphatic carbocycles. The zero-order valence-electron chi connectivity index (χ0n) is 21.8. The second-order valence-corrected chi connectivity index (χ2v) is 9.94. The molecular weight excluding hydrogens is 438 g/mol. The van der Waals surface area contributed by atoms with Crippen LogP contribution in [0.25, 0.3) is 0 Å². The Hall–Kier alpha value is -2.16. The van der Waals surface area contributed by atoms with Gasteiger partial charge in [-0.05, 0) is 66.4 Å². The lowest BCUT2D eigenvalue weighted by Gasteiger charge is -2.28. The largest absolute Gasteiger partial charge is 0.443 e. The lowest BCUT2D eigenvalue weighted by molar-refractivity contribution is -0.00807. The molecule has 0 aromatic heterocycles. The number of carbonyl (C=O) groups excluding carboxylic acids is 2. The van der Waals surface area contributed by atoms with Crippen molar-refractivity contribution in [1.82, 2.24) is 4.90 Å². The third kappa shape index (κ3) is 15.6. The molecule has 0 aliphatic rings. The third-order valence-corrected chi connectivity index (χ3v) is 4.25. The van der Waals surface area contributed by atoms with E-state index >= 15 is 0 Å². The van der Waals surface area contributed by atoms with Crippen LogP contribution in [0, 0.1) is 0 Å². The summed E-state index contributed by atoms with van der Waals surface area (Å²) in [5.74, 6) is 0. The van der Waals surface area contributed by atoms with Crippen LogP contribution in [0.1, 0.15) is 66.4 Å². The average molecular weight is 482 g/mol. The molecule has 34 heavy (non-hydrogen) atoms. The second kappa shape index (κ2) is 15.7. The van der Waals surface area contributed by atoms with E-state index in [1.165, 1.54) is 5.56 Å². The molecule has 1 aromatic rings. The number of ether oxygens (including phenoxy) is 5. The summed E-state index contributed by atoms with van der Waals surface area (Å²) >= 11 is 0. The second-order valence-electron chi connectivity index (χ2n) is 9.94. The van der Waals surface area contributed by atoms with Gasteiger partial charge in [0.2, 0.25) is 0 Å². The first-order valence-electron chi connectivity index (χ1n) is 12.0. The predicted octanol–water partition coefficient (Wildman–Crippen LogP) is 5.58. The number of unbranched alkanes of at least 4 members (excludes halogenated alkanes) is 2. The van der Waals surface area contributed by atoms with Gasteiger partial charge in [0.1, 0.15) is 11.2 Å². The topological polar surface area (TPSA) is 83.5 Å². The Morgan fingerprint density at radius 2 is 1.18 bits per heavy atom. The molecule has 0 unspecified atom stereocenters. The first kappa shape index (κ1) is 29.9. The van der Waals surface area contributed by atoms with Crippen molar-refractivity contribution in [3.05, 3.63) is 35.9 Å². The number of benzene rings is 1. The maximum Gasteiger partial charge on any atom is 0.419 e. The van der Waals surface area contributed by atoms with E-state index in [0.717, 1.165) is 30.8 Å². The van der Waals surface area contributed by atoms with Crippen molar-refractivity contribution in [3.63, 3.8) is 0 Å². The van der Waals surface area contributed by atoms with Crippen LogP contribution < -0.4 is 0 Å². The Morgan fingerprint density at radius 3 is 1.71 bits per heavy atom. The van der Waals surface area contributed by atoms with Crippen LogP contribution in [-0.4, -0.2) is 67.9 Å². The normalized spacial score (nSPS) is 11.8. The van der Waals surface area contributed by atoms with Gasteiger partial charge in [-0.3, -0.25) is 0 Å².